The van der Waals surface area contributed by atoms with Crippen LogP contribution in [0.2, 0.25) is 0 Å². The van der Waals surface area contributed by atoms with E-state index in [0.29, 0.717) is 12.7 Å². The fraction of sp³-hybridized carbons (Fsp3) is 0.682. The van der Waals surface area contributed by atoms with E-state index in [4.69, 9.17) is 14.2 Å². The number of guanidine groups is 1. The van der Waals surface area contributed by atoms with Gasteiger partial charge in [0.1, 0.15) is 0 Å². The van der Waals surface area contributed by atoms with Crippen molar-refractivity contribution in [2.75, 3.05) is 59.7 Å². The van der Waals surface area contributed by atoms with Crippen LogP contribution in [0.5, 0.6) is 0 Å². The molecule has 2 aliphatic rings. The van der Waals surface area contributed by atoms with Gasteiger partial charge in [-0.3, -0.25) is 9.89 Å². The highest BCUT2D eigenvalue weighted by Gasteiger charge is 2.15. The molecule has 1 aromatic rings. The maximum absolute atomic E-state index is 5.71. The average Bonchev–Trinajstić information content (AvgIpc) is 3.28. The molecule has 7 nitrogen and oxygen atoms in total. The molecule has 0 bridgehead atoms. The van der Waals surface area contributed by atoms with Crippen LogP contribution in [0.25, 0.3) is 0 Å². The Morgan fingerprint density at radius 3 is 2.76 bits per heavy atom. The molecule has 1 unspecified atom stereocenters. The predicted octanol–water partition coefficient (Wildman–Crippen LogP) is 1.77. The minimum atomic E-state index is 0.301. The predicted molar refractivity (Wildman–Crippen MR) is 115 cm³/mol. The van der Waals surface area contributed by atoms with Gasteiger partial charge >= 0.3 is 0 Å². The highest BCUT2D eigenvalue weighted by Crippen LogP contribution is 2.13. The Hall–Kier alpha value is -1.67. The zero-order valence-corrected chi connectivity index (χ0v) is 17.7. The Balaban J connectivity index is 1.34. The van der Waals surface area contributed by atoms with E-state index in [-0.39, 0.29) is 0 Å². The third-order valence-corrected chi connectivity index (χ3v) is 5.37. The number of hydrogen-bond donors (Lipinski definition) is 2. The van der Waals surface area contributed by atoms with E-state index in [2.05, 4.69) is 44.8 Å². The van der Waals surface area contributed by atoms with E-state index in [1.165, 1.54) is 11.1 Å². The number of hydrogen-bond acceptors (Lipinski definition) is 5. The summed E-state index contributed by atoms with van der Waals surface area (Å²) >= 11 is 0. The summed E-state index contributed by atoms with van der Waals surface area (Å²) in [6.45, 7) is 8.56. The van der Waals surface area contributed by atoms with Crippen molar-refractivity contribution in [3.05, 3.63) is 35.4 Å². The summed E-state index contributed by atoms with van der Waals surface area (Å²) in [6.07, 6.45) is 3.53. The summed E-state index contributed by atoms with van der Waals surface area (Å²) in [5.41, 5.74) is 2.67. The van der Waals surface area contributed by atoms with Crippen LogP contribution in [0.4, 0.5) is 0 Å². The number of nitrogens with one attached hydrogen (secondary N) is 2. The number of benzene rings is 1. The van der Waals surface area contributed by atoms with Crippen LogP contribution in [0, 0.1) is 0 Å². The summed E-state index contributed by atoms with van der Waals surface area (Å²) in [6, 6.07) is 8.62. The number of nitrogens with zero attached hydrogens (tertiary/aromatic N) is 2. The number of ether oxygens (including phenoxy) is 3. The molecular formula is C22H36N4O3. The van der Waals surface area contributed by atoms with Crippen molar-refractivity contribution < 1.29 is 14.2 Å². The van der Waals surface area contributed by atoms with Crippen molar-refractivity contribution in [3.8, 4) is 0 Å². The molecule has 2 saturated heterocycles. The summed E-state index contributed by atoms with van der Waals surface area (Å²) < 4.78 is 16.7. The maximum Gasteiger partial charge on any atom is 0.191 e. The van der Waals surface area contributed by atoms with E-state index < -0.39 is 0 Å². The third kappa shape index (κ3) is 7.93. The smallest absolute Gasteiger partial charge is 0.191 e. The summed E-state index contributed by atoms with van der Waals surface area (Å²) in [5.74, 6) is 0.824. The van der Waals surface area contributed by atoms with Gasteiger partial charge in [0, 0.05) is 53.0 Å². The van der Waals surface area contributed by atoms with Gasteiger partial charge in [-0.25, -0.2) is 0 Å². The Morgan fingerprint density at radius 1 is 1.17 bits per heavy atom. The Kier molecular flexibility index (Phi) is 9.72. The van der Waals surface area contributed by atoms with Gasteiger partial charge in [0.25, 0.3) is 0 Å². The maximum atomic E-state index is 5.71. The molecule has 2 N–H and O–H groups in total. The van der Waals surface area contributed by atoms with Crippen molar-refractivity contribution in [2.45, 2.75) is 38.5 Å². The number of morpholine rings is 1. The monoisotopic (exact) mass is 404 g/mol. The first-order valence-corrected chi connectivity index (χ1v) is 10.9. The normalized spacial score (nSPS) is 20.7. The lowest BCUT2D eigenvalue weighted by molar-refractivity contribution is 0.0168. The second-order valence-electron chi connectivity index (χ2n) is 7.57. The van der Waals surface area contributed by atoms with Gasteiger partial charge < -0.3 is 24.8 Å². The van der Waals surface area contributed by atoms with Crippen LogP contribution in [0.3, 0.4) is 0 Å². The summed E-state index contributed by atoms with van der Waals surface area (Å²) in [7, 11) is 1.81. The van der Waals surface area contributed by atoms with Crippen LogP contribution in [0.1, 0.15) is 30.4 Å². The molecule has 162 valence electrons. The second kappa shape index (κ2) is 12.8. The fourth-order valence-electron chi connectivity index (χ4n) is 3.66. The zero-order valence-electron chi connectivity index (χ0n) is 17.7. The molecule has 0 amide bonds. The van der Waals surface area contributed by atoms with Crippen LogP contribution >= 0.6 is 0 Å². The largest absolute Gasteiger partial charge is 0.379 e. The van der Waals surface area contributed by atoms with Gasteiger partial charge in [0.05, 0.1) is 25.9 Å². The Morgan fingerprint density at radius 2 is 2.00 bits per heavy atom. The van der Waals surface area contributed by atoms with Gasteiger partial charge in [-0.2, -0.15) is 0 Å². The highest BCUT2D eigenvalue weighted by molar-refractivity contribution is 5.79. The Bertz CT molecular complexity index is 614. The van der Waals surface area contributed by atoms with E-state index in [9.17, 15) is 0 Å². The van der Waals surface area contributed by atoms with Crippen molar-refractivity contribution in [1.29, 1.82) is 0 Å². The van der Waals surface area contributed by atoms with E-state index in [1.807, 2.05) is 7.05 Å². The molecule has 0 saturated carbocycles. The molecular weight excluding hydrogens is 368 g/mol. The molecule has 0 spiro atoms. The number of rotatable bonds is 10. The quantitative estimate of drug-likeness (QED) is 0.352. The van der Waals surface area contributed by atoms with Gasteiger partial charge in [0.2, 0.25) is 0 Å². The molecule has 29 heavy (non-hydrogen) atoms. The molecule has 7 heteroatoms. The van der Waals surface area contributed by atoms with Gasteiger partial charge in [0.15, 0.2) is 5.96 Å². The van der Waals surface area contributed by atoms with Crippen LogP contribution < -0.4 is 10.6 Å². The molecule has 2 aliphatic heterocycles. The lowest BCUT2D eigenvalue weighted by Gasteiger charge is -2.27. The molecule has 2 fully saturated rings. The number of aliphatic imine (C=N–C) groups is 1. The zero-order chi connectivity index (χ0) is 20.2. The fourth-order valence-corrected chi connectivity index (χ4v) is 3.66. The van der Waals surface area contributed by atoms with E-state index in [0.717, 1.165) is 84.4 Å². The van der Waals surface area contributed by atoms with Crippen molar-refractivity contribution in [2.24, 2.45) is 4.99 Å². The lowest BCUT2D eigenvalue weighted by Crippen LogP contribution is -2.38. The first kappa shape index (κ1) is 22.0. The molecule has 3 rings (SSSR count). The third-order valence-electron chi connectivity index (χ3n) is 5.37. The van der Waals surface area contributed by atoms with Crippen LogP contribution in [-0.4, -0.2) is 76.7 Å². The molecule has 0 radical (unpaired) electrons. The van der Waals surface area contributed by atoms with E-state index in [1.54, 1.807) is 0 Å². The minimum absolute atomic E-state index is 0.301. The summed E-state index contributed by atoms with van der Waals surface area (Å²) in [4.78, 5) is 6.79. The SMILES string of the molecule is CN=C(NCCCOCC1CCCO1)NCc1ccccc1CN1CCOCC1. The summed E-state index contributed by atoms with van der Waals surface area (Å²) in [5, 5.41) is 6.80. The second-order valence-corrected chi connectivity index (χ2v) is 7.57. The lowest BCUT2D eigenvalue weighted by atomic mass is 10.1. The standard InChI is InChI=1S/C22H36N4O3/c1-23-22(24-9-5-12-28-18-21-8-4-13-29-21)25-16-19-6-2-3-7-20(19)17-26-10-14-27-15-11-26/h2-3,6-7,21H,4-5,8-18H2,1H3,(H2,23,24,25). The van der Waals surface area contributed by atoms with Gasteiger partial charge in [-0.15, -0.1) is 0 Å². The van der Waals surface area contributed by atoms with Gasteiger partial charge in [-0.1, -0.05) is 24.3 Å². The van der Waals surface area contributed by atoms with Crippen molar-refractivity contribution >= 4 is 5.96 Å². The first-order valence-electron chi connectivity index (χ1n) is 10.9. The minimum Gasteiger partial charge on any atom is -0.379 e. The Labute approximate surface area is 174 Å². The van der Waals surface area contributed by atoms with Crippen molar-refractivity contribution in [1.82, 2.24) is 15.5 Å². The average molecular weight is 405 g/mol. The van der Waals surface area contributed by atoms with E-state index >= 15 is 0 Å². The molecule has 2 heterocycles. The van der Waals surface area contributed by atoms with Crippen molar-refractivity contribution in [3.63, 3.8) is 0 Å². The first-order chi connectivity index (χ1) is 14.3. The van der Waals surface area contributed by atoms with Gasteiger partial charge in [-0.05, 0) is 30.4 Å². The van der Waals surface area contributed by atoms with Crippen LogP contribution in [0.15, 0.2) is 29.3 Å². The highest BCUT2D eigenvalue weighted by atomic mass is 16.5. The van der Waals surface area contributed by atoms with Crippen LogP contribution in [-0.2, 0) is 27.3 Å². The molecule has 0 aliphatic carbocycles. The topological polar surface area (TPSA) is 67.4 Å². The molecule has 1 atom stereocenters. The molecule has 0 aromatic heterocycles. The molecule has 1 aromatic carbocycles.